The summed E-state index contributed by atoms with van der Waals surface area (Å²) < 4.78 is 1.65. The van der Waals surface area contributed by atoms with Gasteiger partial charge in [0.05, 0.1) is 0 Å². The number of aromatic nitrogens is 4. The van der Waals surface area contributed by atoms with Gasteiger partial charge in [0.1, 0.15) is 0 Å². The topological polar surface area (TPSA) is 56.0 Å². The van der Waals surface area contributed by atoms with Crippen molar-refractivity contribution >= 4 is 11.8 Å². The van der Waals surface area contributed by atoms with E-state index in [2.05, 4.69) is 40.4 Å². The molecule has 2 rings (SSSR count). The molecule has 0 unspecified atom stereocenters. The molecule has 2 heterocycles. The number of hydrogen-bond donors (Lipinski definition) is 0. The molecule has 0 aliphatic carbocycles. The normalized spacial score (nSPS) is 17.2. The van der Waals surface area contributed by atoms with E-state index in [4.69, 9.17) is 0 Å². The average molecular weight is 204 g/mol. The van der Waals surface area contributed by atoms with Crippen LogP contribution in [-0.4, -0.2) is 33.0 Å². The van der Waals surface area contributed by atoms with E-state index in [0.29, 0.717) is 5.92 Å². The molecule has 15 heavy (non-hydrogen) atoms. The lowest BCUT2D eigenvalue weighted by Gasteiger charge is -2.18. The van der Waals surface area contributed by atoms with Gasteiger partial charge in [-0.05, 0) is 16.3 Å². The van der Waals surface area contributed by atoms with E-state index < -0.39 is 0 Å². The van der Waals surface area contributed by atoms with Crippen molar-refractivity contribution in [2.45, 2.75) is 13.8 Å². The van der Waals surface area contributed by atoms with Gasteiger partial charge in [0.25, 0.3) is 0 Å². The smallest absolute Gasteiger partial charge is 0.182 e. The minimum atomic E-state index is 0.513. The predicted octanol–water partition coefficient (Wildman–Crippen LogP) is 0.908. The van der Waals surface area contributed by atoms with Gasteiger partial charge in [0, 0.05) is 31.3 Å². The number of aryl methyl sites for hydroxylation is 1. The van der Waals surface area contributed by atoms with Crippen molar-refractivity contribution in [1.29, 1.82) is 0 Å². The molecule has 1 aliphatic heterocycles. The van der Waals surface area contributed by atoms with E-state index in [9.17, 15) is 0 Å². The maximum Gasteiger partial charge on any atom is 0.182 e. The van der Waals surface area contributed by atoms with Crippen molar-refractivity contribution in [1.82, 2.24) is 20.2 Å². The van der Waals surface area contributed by atoms with E-state index in [1.807, 2.05) is 13.3 Å². The summed E-state index contributed by atoms with van der Waals surface area (Å²) in [5.74, 6) is 2.59. The predicted molar refractivity (Wildman–Crippen MR) is 58.2 cm³/mol. The second kappa shape index (κ2) is 3.92. The van der Waals surface area contributed by atoms with E-state index >= 15 is 0 Å². The molecule has 0 spiro atoms. The van der Waals surface area contributed by atoms with Gasteiger partial charge in [0.15, 0.2) is 5.82 Å². The lowest BCUT2D eigenvalue weighted by molar-refractivity contribution is 0.672. The zero-order valence-corrected chi connectivity index (χ0v) is 9.18. The Morgan fingerprint density at radius 2 is 2.20 bits per heavy atom. The largest absolute Gasteiger partial charge is 0.291 e. The molecule has 0 N–H and O–H groups in total. The standard InChI is InChI=1S/C10H14N5/c1-7(2)8-4-9(6-11-5-8)10-12-13-14-15(10)3/h4,6-7H,5H2,1-3H3. The van der Waals surface area contributed by atoms with Crippen molar-refractivity contribution in [2.75, 3.05) is 6.54 Å². The van der Waals surface area contributed by atoms with Crippen molar-refractivity contribution in [3.63, 3.8) is 0 Å². The Morgan fingerprint density at radius 1 is 1.40 bits per heavy atom. The van der Waals surface area contributed by atoms with Crippen LogP contribution in [0.25, 0.3) is 5.57 Å². The van der Waals surface area contributed by atoms with Gasteiger partial charge in [-0.25, -0.2) is 4.68 Å². The second-order valence-corrected chi connectivity index (χ2v) is 3.93. The first-order valence-electron chi connectivity index (χ1n) is 4.98. The molecule has 0 saturated heterocycles. The molecule has 1 aliphatic rings. The fourth-order valence-electron chi connectivity index (χ4n) is 1.48. The summed E-state index contributed by atoms with van der Waals surface area (Å²) in [7, 11) is 1.83. The van der Waals surface area contributed by atoms with Gasteiger partial charge in [-0.3, -0.25) is 4.99 Å². The molecule has 5 heteroatoms. The molecular formula is C10H14N5. The van der Waals surface area contributed by atoms with Gasteiger partial charge in [-0.1, -0.05) is 19.9 Å². The number of hydrogen-bond acceptors (Lipinski definition) is 4. The highest BCUT2D eigenvalue weighted by atomic mass is 15.5. The number of aliphatic imine (C=N–C) groups is 1. The third-order valence-corrected chi connectivity index (χ3v) is 2.47. The van der Waals surface area contributed by atoms with Crippen LogP contribution >= 0.6 is 0 Å². The van der Waals surface area contributed by atoms with Crippen LogP contribution in [0.15, 0.2) is 11.1 Å². The monoisotopic (exact) mass is 204 g/mol. The average Bonchev–Trinajstić information content (AvgIpc) is 2.64. The van der Waals surface area contributed by atoms with Crippen LogP contribution in [0.5, 0.6) is 0 Å². The van der Waals surface area contributed by atoms with Crippen molar-refractivity contribution in [3.05, 3.63) is 17.8 Å². The number of nitrogens with zero attached hydrogens (tertiary/aromatic N) is 5. The Hall–Kier alpha value is -1.52. The summed E-state index contributed by atoms with van der Waals surface area (Å²) in [6.07, 6.45) is 3.96. The first kappa shape index (κ1) is 10.0. The fourth-order valence-corrected chi connectivity index (χ4v) is 1.48. The maximum atomic E-state index is 4.32. The quantitative estimate of drug-likeness (QED) is 0.719. The highest BCUT2D eigenvalue weighted by molar-refractivity contribution is 6.09. The molecular weight excluding hydrogens is 190 g/mol. The van der Waals surface area contributed by atoms with E-state index in [0.717, 1.165) is 17.9 Å². The molecule has 1 aromatic heterocycles. The molecule has 79 valence electrons. The van der Waals surface area contributed by atoms with Crippen LogP contribution in [0, 0.1) is 11.8 Å². The van der Waals surface area contributed by atoms with Crippen LogP contribution in [0.1, 0.15) is 19.7 Å². The molecule has 5 nitrogen and oxygen atoms in total. The zero-order valence-electron chi connectivity index (χ0n) is 9.18. The molecule has 1 aromatic rings. The Kier molecular flexibility index (Phi) is 2.62. The Balaban J connectivity index is 2.30. The summed E-state index contributed by atoms with van der Waals surface area (Å²) in [4.78, 5) is 4.32. The molecule has 1 radical (unpaired) electrons. The molecule has 0 atom stereocenters. The summed E-state index contributed by atoms with van der Waals surface area (Å²) in [6, 6.07) is 0. The number of allylic oxidation sites excluding steroid dienone is 1. The SMILES string of the molecule is CC(C)[C]1C=C(c2nnnn2C)C=NC1. The van der Waals surface area contributed by atoms with Gasteiger partial charge >= 0.3 is 0 Å². The summed E-state index contributed by atoms with van der Waals surface area (Å²) >= 11 is 0. The van der Waals surface area contributed by atoms with Crippen LogP contribution < -0.4 is 0 Å². The van der Waals surface area contributed by atoms with Crippen molar-refractivity contribution in [3.8, 4) is 0 Å². The highest BCUT2D eigenvalue weighted by Gasteiger charge is 2.17. The number of tetrazole rings is 1. The van der Waals surface area contributed by atoms with Crippen LogP contribution in [0.2, 0.25) is 0 Å². The molecule has 0 saturated carbocycles. The van der Waals surface area contributed by atoms with E-state index in [1.165, 1.54) is 5.92 Å². The van der Waals surface area contributed by atoms with Crippen LogP contribution in [-0.2, 0) is 7.05 Å². The molecule has 0 amide bonds. The van der Waals surface area contributed by atoms with Gasteiger partial charge in [-0.15, -0.1) is 5.10 Å². The summed E-state index contributed by atoms with van der Waals surface area (Å²) in [5, 5.41) is 11.4. The van der Waals surface area contributed by atoms with Crippen molar-refractivity contribution < 1.29 is 0 Å². The first-order valence-corrected chi connectivity index (χ1v) is 4.98. The number of rotatable bonds is 2. The zero-order chi connectivity index (χ0) is 10.8. The van der Waals surface area contributed by atoms with Gasteiger partial charge < -0.3 is 0 Å². The molecule has 0 fully saturated rings. The third-order valence-electron chi connectivity index (χ3n) is 2.47. The molecule has 0 aromatic carbocycles. The Labute approximate surface area is 88.9 Å². The third kappa shape index (κ3) is 1.95. The Morgan fingerprint density at radius 3 is 2.80 bits per heavy atom. The maximum absolute atomic E-state index is 4.32. The fraction of sp³-hybridized carbons (Fsp3) is 0.500. The van der Waals surface area contributed by atoms with Crippen molar-refractivity contribution in [2.24, 2.45) is 18.0 Å². The lowest BCUT2D eigenvalue weighted by Crippen LogP contribution is -2.13. The van der Waals surface area contributed by atoms with Gasteiger partial charge in [0.2, 0.25) is 0 Å². The first-order chi connectivity index (χ1) is 7.18. The second-order valence-electron chi connectivity index (χ2n) is 3.93. The minimum absolute atomic E-state index is 0.513. The van der Waals surface area contributed by atoms with Crippen LogP contribution in [0.4, 0.5) is 0 Å². The Bertz CT molecular complexity index is 402. The summed E-state index contributed by atoms with van der Waals surface area (Å²) in [5.41, 5.74) is 0.984. The highest BCUT2D eigenvalue weighted by Crippen LogP contribution is 2.23. The summed E-state index contributed by atoms with van der Waals surface area (Å²) in [6.45, 7) is 5.12. The number of dihydropyridines is 1. The van der Waals surface area contributed by atoms with E-state index in [-0.39, 0.29) is 0 Å². The lowest BCUT2D eigenvalue weighted by atomic mass is 9.92. The van der Waals surface area contributed by atoms with Gasteiger partial charge in [-0.2, -0.15) is 0 Å². The van der Waals surface area contributed by atoms with Crippen LogP contribution in [0.3, 0.4) is 0 Å². The molecule has 0 bridgehead atoms. The van der Waals surface area contributed by atoms with E-state index in [1.54, 1.807) is 4.68 Å². The minimum Gasteiger partial charge on any atom is -0.291 e.